The Labute approximate surface area is 106 Å². The summed E-state index contributed by atoms with van der Waals surface area (Å²) in [6.45, 7) is 2.60. The molecule has 1 saturated heterocycles. The third-order valence-corrected chi connectivity index (χ3v) is 3.82. The van der Waals surface area contributed by atoms with Gasteiger partial charge in [-0.2, -0.15) is 0 Å². The fourth-order valence-electron chi connectivity index (χ4n) is 2.82. The first-order chi connectivity index (χ1) is 8.68. The second-order valence-corrected chi connectivity index (χ2v) is 5.00. The van der Waals surface area contributed by atoms with E-state index >= 15 is 0 Å². The molecule has 0 aromatic heterocycles. The van der Waals surface area contributed by atoms with Gasteiger partial charge in [0.05, 0.1) is 11.3 Å². The van der Waals surface area contributed by atoms with Gasteiger partial charge in [0.2, 0.25) is 5.91 Å². The zero-order chi connectivity index (χ0) is 12.7. The number of rotatable bonds is 0. The smallest absolute Gasteiger partial charge is 0.256 e. The fraction of sp³-hybridized carbons (Fsp3) is 0.429. The van der Waals surface area contributed by atoms with Crippen LogP contribution in [0.1, 0.15) is 35.2 Å². The Kier molecular flexibility index (Phi) is 2.58. The molecule has 94 valence electrons. The van der Waals surface area contributed by atoms with Gasteiger partial charge < -0.3 is 10.2 Å². The molecule has 1 aromatic carbocycles. The minimum absolute atomic E-state index is 0.0169. The summed E-state index contributed by atoms with van der Waals surface area (Å²) in [5.74, 6) is -0.0622. The van der Waals surface area contributed by atoms with E-state index in [0.29, 0.717) is 17.8 Å². The molecule has 0 saturated carbocycles. The maximum Gasteiger partial charge on any atom is 0.256 e. The highest BCUT2D eigenvalue weighted by molar-refractivity contribution is 6.10. The van der Waals surface area contributed by atoms with Crippen LogP contribution in [0.4, 0.5) is 5.69 Å². The molecule has 1 N–H and O–H groups in total. The van der Waals surface area contributed by atoms with E-state index in [0.717, 1.165) is 24.8 Å². The van der Waals surface area contributed by atoms with Crippen LogP contribution in [0.25, 0.3) is 0 Å². The Balaban J connectivity index is 2.11. The summed E-state index contributed by atoms with van der Waals surface area (Å²) in [7, 11) is 0. The van der Waals surface area contributed by atoms with Gasteiger partial charge in [-0.3, -0.25) is 9.59 Å². The SMILES string of the molecule is Cc1cccc2c1NC(=O)C1CCCCN1C2=O. The van der Waals surface area contributed by atoms with E-state index in [2.05, 4.69) is 5.32 Å². The molecule has 3 rings (SSSR count). The van der Waals surface area contributed by atoms with E-state index in [1.807, 2.05) is 19.1 Å². The van der Waals surface area contributed by atoms with Crippen molar-refractivity contribution in [3.05, 3.63) is 29.3 Å². The van der Waals surface area contributed by atoms with Crippen LogP contribution in [0.3, 0.4) is 0 Å². The molecule has 2 aliphatic heterocycles. The predicted molar refractivity (Wildman–Crippen MR) is 68.5 cm³/mol. The van der Waals surface area contributed by atoms with Crippen molar-refractivity contribution < 1.29 is 9.59 Å². The van der Waals surface area contributed by atoms with Crippen molar-refractivity contribution in [2.45, 2.75) is 32.2 Å². The van der Waals surface area contributed by atoms with Crippen LogP contribution in [0.15, 0.2) is 18.2 Å². The van der Waals surface area contributed by atoms with E-state index < -0.39 is 0 Å². The monoisotopic (exact) mass is 244 g/mol. The van der Waals surface area contributed by atoms with Crippen molar-refractivity contribution >= 4 is 17.5 Å². The number of piperidine rings is 1. The number of aryl methyl sites for hydroxylation is 1. The quantitative estimate of drug-likeness (QED) is 0.758. The third-order valence-electron chi connectivity index (χ3n) is 3.82. The number of nitrogens with zero attached hydrogens (tertiary/aromatic N) is 1. The summed E-state index contributed by atoms with van der Waals surface area (Å²) in [6.07, 6.45) is 2.76. The average Bonchev–Trinajstić information content (AvgIpc) is 2.49. The number of anilines is 1. The molecular weight excluding hydrogens is 228 g/mol. The Morgan fingerprint density at radius 3 is 2.94 bits per heavy atom. The summed E-state index contributed by atoms with van der Waals surface area (Å²) in [4.78, 5) is 26.4. The van der Waals surface area contributed by atoms with Gasteiger partial charge in [-0.05, 0) is 37.8 Å². The van der Waals surface area contributed by atoms with Gasteiger partial charge >= 0.3 is 0 Å². The lowest BCUT2D eigenvalue weighted by Crippen LogP contribution is -2.47. The lowest BCUT2D eigenvalue weighted by atomic mass is 10.0. The van der Waals surface area contributed by atoms with E-state index in [-0.39, 0.29) is 17.9 Å². The van der Waals surface area contributed by atoms with Gasteiger partial charge in [0.15, 0.2) is 0 Å². The van der Waals surface area contributed by atoms with Crippen LogP contribution in [0, 0.1) is 6.92 Å². The molecule has 2 heterocycles. The van der Waals surface area contributed by atoms with Crippen molar-refractivity contribution in [2.24, 2.45) is 0 Å². The van der Waals surface area contributed by atoms with Crippen molar-refractivity contribution in [1.82, 2.24) is 4.90 Å². The van der Waals surface area contributed by atoms with Crippen LogP contribution >= 0.6 is 0 Å². The molecule has 1 atom stereocenters. The zero-order valence-electron chi connectivity index (χ0n) is 10.4. The number of benzene rings is 1. The van der Waals surface area contributed by atoms with E-state index in [1.165, 1.54) is 0 Å². The fourth-order valence-corrected chi connectivity index (χ4v) is 2.82. The number of hydrogen-bond acceptors (Lipinski definition) is 2. The number of fused-ring (bicyclic) bond motifs is 2. The number of carbonyl (C=O) groups excluding carboxylic acids is 2. The van der Waals surface area contributed by atoms with Crippen LogP contribution in [-0.4, -0.2) is 29.3 Å². The molecule has 4 nitrogen and oxygen atoms in total. The van der Waals surface area contributed by atoms with Gasteiger partial charge in [0.25, 0.3) is 5.91 Å². The van der Waals surface area contributed by atoms with Crippen molar-refractivity contribution in [1.29, 1.82) is 0 Å². The molecule has 0 spiro atoms. The Morgan fingerprint density at radius 1 is 1.28 bits per heavy atom. The Bertz CT molecular complexity index is 525. The van der Waals surface area contributed by atoms with Crippen LogP contribution in [0.5, 0.6) is 0 Å². The predicted octanol–water partition coefficient (Wildman–Crippen LogP) is 1.94. The molecule has 1 fully saturated rings. The molecule has 2 aliphatic rings. The molecule has 2 amide bonds. The maximum absolute atomic E-state index is 12.5. The van der Waals surface area contributed by atoms with Crippen molar-refractivity contribution in [2.75, 3.05) is 11.9 Å². The lowest BCUT2D eigenvalue weighted by molar-refractivity contribution is -0.121. The topological polar surface area (TPSA) is 49.4 Å². The van der Waals surface area contributed by atoms with E-state index in [1.54, 1.807) is 11.0 Å². The summed E-state index contributed by atoms with van der Waals surface area (Å²) in [5.41, 5.74) is 2.24. The zero-order valence-corrected chi connectivity index (χ0v) is 10.4. The minimum Gasteiger partial charge on any atom is -0.327 e. The van der Waals surface area contributed by atoms with Gasteiger partial charge in [-0.15, -0.1) is 0 Å². The first-order valence-corrected chi connectivity index (χ1v) is 6.40. The summed E-state index contributed by atoms with van der Waals surface area (Å²) in [6, 6.07) is 5.28. The molecule has 0 aliphatic carbocycles. The molecule has 1 unspecified atom stereocenters. The van der Waals surface area contributed by atoms with Gasteiger partial charge in [-0.1, -0.05) is 12.1 Å². The van der Waals surface area contributed by atoms with E-state index in [9.17, 15) is 9.59 Å². The number of amides is 2. The second kappa shape index (κ2) is 4.12. The van der Waals surface area contributed by atoms with Gasteiger partial charge in [-0.25, -0.2) is 0 Å². The summed E-state index contributed by atoms with van der Waals surface area (Å²) in [5, 5.41) is 2.92. The highest BCUT2D eigenvalue weighted by atomic mass is 16.2. The lowest BCUT2D eigenvalue weighted by Gasteiger charge is -2.32. The number of hydrogen-bond donors (Lipinski definition) is 1. The number of para-hydroxylation sites is 1. The largest absolute Gasteiger partial charge is 0.327 e. The van der Waals surface area contributed by atoms with E-state index in [4.69, 9.17) is 0 Å². The van der Waals surface area contributed by atoms with Gasteiger partial charge in [0.1, 0.15) is 6.04 Å². The highest BCUT2D eigenvalue weighted by Crippen LogP contribution is 2.29. The first kappa shape index (κ1) is 11.3. The molecule has 0 radical (unpaired) electrons. The second-order valence-electron chi connectivity index (χ2n) is 5.00. The third kappa shape index (κ3) is 1.60. The maximum atomic E-state index is 12.5. The summed E-state index contributed by atoms with van der Waals surface area (Å²) < 4.78 is 0. The first-order valence-electron chi connectivity index (χ1n) is 6.40. The molecule has 1 aromatic rings. The van der Waals surface area contributed by atoms with Gasteiger partial charge in [0, 0.05) is 6.54 Å². The molecule has 4 heteroatoms. The highest BCUT2D eigenvalue weighted by Gasteiger charge is 2.36. The number of carbonyl (C=O) groups is 2. The van der Waals surface area contributed by atoms with Crippen LogP contribution in [0.2, 0.25) is 0 Å². The Hall–Kier alpha value is -1.84. The van der Waals surface area contributed by atoms with Crippen molar-refractivity contribution in [3.63, 3.8) is 0 Å². The average molecular weight is 244 g/mol. The molecule has 18 heavy (non-hydrogen) atoms. The minimum atomic E-state index is -0.293. The Morgan fingerprint density at radius 2 is 2.11 bits per heavy atom. The van der Waals surface area contributed by atoms with Crippen molar-refractivity contribution in [3.8, 4) is 0 Å². The van der Waals surface area contributed by atoms with Crippen LogP contribution in [-0.2, 0) is 4.79 Å². The normalized spacial score (nSPS) is 22.9. The number of nitrogens with one attached hydrogen (secondary N) is 1. The molecular formula is C14H16N2O2. The molecule has 0 bridgehead atoms. The summed E-state index contributed by atoms with van der Waals surface area (Å²) >= 11 is 0. The standard InChI is InChI=1S/C14H16N2O2/c1-9-5-4-6-10-12(9)15-13(17)11-7-2-3-8-16(11)14(10)18/h4-6,11H,2-3,7-8H2,1H3,(H,15,17). The van der Waals surface area contributed by atoms with Crippen LogP contribution < -0.4 is 5.32 Å².